The predicted molar refractivity (Wildman–Crippen MR) is 90.3 cm³/mol. The number of aromatic nitrogens is 2. The van der Waals surface area contributed by atoms with E-state index in [0.29, 0.717) is 10.8 Å². The van der Waals surface area contributed by atoms with Gasteiger partial charge in [0.2, 0.25) is 0 Å². The number of benzene rings is 1. The lowest BCUT2D eigenvalue weighted by molar-refractivity contribution is -0.113. The fraction of sp³-hybridized carbons (Fsp3) is 0.188. The van der Waals surface area contributed by atoms with Crippen molar-refractivity contribution in [3.8, 4) is 0 Å². The third-order valence-corrected chi connectivity index (χ3v) is 4.03. The molecule has 3 rings (SSSR count). The third-order valence-electron chi connectivity index (χ3n) is 3.75. The zero-order valence-electron chi connectivity index (χ0n) is 12.6. The Bertz CT molecular complexity index is 792. The van der Waals surface area contributed by atoms with Gasteiger partial charge in [-0.15, -0.1) is 0 Å². The van der Waals surface area contributed by atoms with Crippen molar-refractivity contribution in [2.75, 3.05) is 4.90 Å². The highest BCUT2D eigenvalue weighted by atomic mass is 32.1. The molecule has 6 heteroatoms. The number of rotatable bonds is 2. The van der Waals surface area contributed by atoms with Crippen molar-refractivity contribution in [1.29, 1.82) is 0 Å². The molecule has 0 saturated carbocycles. The topological polar surface area (TPSA) is 50.2 Å². The Morgan fingerprint density at radius 3 is 2.50 bits per heavy atom. The van der Waals surface area contributed by atoms with Gasteiger partial charge in [0.05, 0.1) is 11.4 Å². The van der Waals surface area contributed by atoms with Crippen molar-refractivity contribution < 1.29 is 4.79 Å². The Labute approximate surface area is 134 Å². The zero-order valence-corrected chi connectivity index (χ0v) is 13.4. The minimum atomic E-state index is -0.154. The van der Waals surface area contributed by atoms with E-state index in [0.717, 1.165) is 22.6 Å². The van der Waals surface area contributed by atoms with E-state index in [2.05, 4.69) is 10.4 Å². The number of amides is 1. The van der Waals surface area contributed by atoms with Crippen LogP contribution in [0.1, 0.15) is 17.0 Å². The summed E-state index contributed by atoms with van der Waals surface area (Å²) in [6, 6.07) is 9.37. The molecule has 0 unspecified atom stereocenters. The molecule has 1 N–H and O–H groups in total. The summed E-state index contributed by atoms with van der Waals surface area (Å²) in [6.45, 7) is 3.89. The first-order valence-electron chi connectivity index (χ1n) is 6.91. The van der Waals surface area contributed by atoms with E-state index in [4.69, 9.17) is 12.2 Å². The van der Waals surface area contributed by atoms with Crippen molar-refractivity contribution in [3.05, 3.63) is 53.0 Å². The number of hydrogen-bond acceptors (Lipinski definition) is 3. The molecule has 1 aromatic heterocycles. The largest absolute Gasteiger partial charge is 0.327 e. The van der Waals surface area contributed by atoms with Gasteiger partial charge in [-0.1, -0.05) is 18.2 Å². The molecule has 112 valence electrons. The van der Waals surface area contributed by atoms with Gasteiger partial charge in [-0.2, -0.15) is 5.10 Å². The second kappa shape index (κ2) is 5.38. The lowest BCUT2D eigenvalue weighted by Gasteiger charge is -2.13. The number of hydrogen-bond donors (Lipinski definition) is 1. The first-order valence-corrected chi connectivity index (χ1v) is 7.32. The Hall–Kier alpha value is -2.47. The molecule has 1 aromatic carbocycles. The van der Waals surface area contributed by atoms with E-state index in [-0.39, 0.29) is 5.91 Å². The zero-order chi connectivity index (χ0) is 15.9. The van der Waals surface area contributed by atoms with Crippen LogP contribution in [-0.4, -0.2) is 20.8 Å². The number of nitrogens with one attached hydrogen (secondary N) is 1. The quantitative estimate of drug-likeness (QED) is 0.683. The van der Waals surface area contributed by atoms with Gasteiger partial charge >= 0.3 is 0 Å². The van der Waals surface area contributed by atoms with Crippen LogP contribution in [0.15, 0.2) is 36.0 Å². The summed E-state index contributed by atoms with van der Waals surface area (Å²) in [5.74, 6) is -0.154. The molecule has 5 nitrogen and oxygen atoms in total. The van der Waals surface area contributed by atoms with Crippen molar-refractivity contribution in [3.63, 3.8) is 0 Å². The second-order valence-electron chi connectivity index (χ2n) is 5.17. The van der Waals surface area contributed by atoms with Crippen LogP contribution in [0.4, 0.5) is 5.69 Å². The predicted octanol–water partition coefficient (Wildman–Crippen LogP) is 2.30. The Balaban J connectivity index is 1.99. The fourth-order valence-corrected chi connectivity index (χ4v) is 2.79. The normalized spacial score (nSPS) is 16.5. The van der Waals surface area contributed by atoms with Crippen molar-refractivity contribution >= 4 is 35.0 Å². The summed E-state index contributed by atoms with van der Waals surface area (Å²) < 4.78 is 1.80. The van der Waals surface area contributed by atoms with E-state index in [1.807, 2.05) is 57.3 Å². The van der Waals surface area contributed by atoms with Crippen LogP contribution >= 0.6 is 12.2 Å². The Morgan fingerprint density at radius 2 is 1.91 bits per heavy atom. The van der Waals surface area contributed by atoms with Gasteiger partial charge in [0.25, 0.3) is 5.91 Å². The summed E-state index contributed by atoms with van der Waals surface area (Å²) in [4.78, 5) is 14.1. The van der Waals surface area contributed by atoms with Gasteiger partial charge in [-0.05, 0) is 44.3 Å². The first kappa shape index (κ1) is 14.5. The minimum Gasteiger partial charge on any atom is -0.327 e. The molecule has 0 bridgehead atoms. The van der Waals surface area contributed by atoms with Crippen molar-refractivity contribution in [2.45, 2.75) is 13.8 Å². The van der Waals surface area contributed by atoms with Crippen LogP contribution in [0.5, 0.6) is 0 Å². The molecule has 2 aromatic rings. The number of nitrogens with zero attached hydrogens (tertiary/aromatic N) is 3. The summed E-state index contributed by atoms with van der Waals surface area (Å²) in [5.41, 5.74) is 4.05. The lowest BCUT2D eigenvalue weighted by Crippen LogP contribution is -2.30. The summed E-state index contributed by atoms with van der Waals surface area (Å²) in [7, 11) is 1.88. The molecule has 1 amide bonds. The van der Waals surface area contributed by atoms with E-state index >= 15 is 0 Å². The van der Waals surface area contributed by atoms with Crippen molar-refractivity contribution in [2.24, 2.45) is 7.05 Å². The smallest absolute Gasteiger partial charge is 0.281 e. The average Bonchev–Trinajstić information content (AvgIpc) is 2.91. The monoisotopic (exact) mass is 312 g/mol. The van der Waals surface area contributed by atoms with Gasteiger partial charge in [0.15, 0.2) is 5.11 Å². The average molecular weight is 312 g/mol. The molecule has 0 atom stereocenters. The lowest BCUT2D eigenvalue weighted by atomic mass is 10.1. The standard InChI is InChI=1S/C16H16N4OS/c1-10-13(11(2)19(3)18-10)9-14-15(21)20(16(22)17-14)12-7-5-4-6-8-12/h4-9H,1-3H3,(H,17,22)/b14-9+. The Morgan fingerprint density at radius 1 is 1.23 bits per heavy atom. The van der Waals surface area contributed by atoms with E-state index < -0.39 is 0 Å². The van der Waals surface area contributed by atoms with Crippen LogP contribution in [0.2, 0.25) is 0 Å². The highest BCUT2D eigenvalue weighted by Crippen LogP contribution is 2.23. The molecule has 0 radical (unpaired) electrons. The number of carbonyl (C=O) groups excluding carboxylic acids is 1. The van der Waals surface area contributed by atoms with Gasteiger partial charge in [-0.3, -0.25) is 14.4 Å². The number of carbonyl (C=O) groups is 1. The van der Waals surface area contributed by atoms with Crippen LogP contribution in [0.3, 0.4) is 0 Å². The summed E-state index contributed by atoms with van der Waals surface area (Å²) >= 11 is 5.30. The van der Waals surface area contributed by atoms with Gasteiger partial charge in [0.1, 0.15) is 5.70 Å². The van der Waals surface area contributed by atoms with Gasteiger partial charge in [-0.25, -0.2) is 0 Å². The van der Waals surface area contributed by atoms with E-state index in [1.54, 1.807) is 4.68 Å². The molecule has 2 heterocycles. The molecular weight excluding hydrogens is 296 g/mol. The molecular formula is C16H16N4OS. The third kappa shape index (κ3) is 2.31. The maximum Gasteiger partial charge on any atom is 0.281 e. The number of aryl methyl sites for hydroxylation is 2. The molecule has 1 saturated heterocycles. The second-order valence-corrected chi connectivity index (χ2v) is 5.56. The first-order chi connectivity index (χ1) is 10.5. The van der Waals surface area contributed by atoms with Crippen molar-refractivity contribution in [1.82, 2.24) is 15.1 Å². The van der Waals surface area contributed by atoms with E-state index in [9.17, 15) is 4.79 Å². The Kier molecular flexibility index (Phi) is 3.54. The molecule has 1 fully saturated rings. The highest BCUT2D eigenvalue weighted by molar-refractivity contribution is 7.80. The SMILES string of the molecule is Cc1nn(C)c(C)c1/C=C1/NC(=S)N(c2ccccc2)C1=O. The van der Waals surface area contributed by atoms with Crippen LogP contribution in [0, 0.1) is 13.8 Å². The molecule has 1 aliphatic heterocycles. The van der Waals surface area contributed by atoms with Gasteiger partial charge < -0.3 is 5.32 Å². The van der Waals surface area contributed by atoms with E-state index in [1.165, 1.54) is 4.90 Å². The molecule has 1 aliphatic rings. The van der Waals surface area contributed by atoms with Crippen LogP contribution < -0.4 is 10.2 Å². The number of para-hydroxylation sites is 1. The molecule has 22 heavy (non-hydrogen) atoms. The van der Waals surface area contributed by atoms with Crippen LogP contribution in [-0.2, 0) is 11.8 Å². The minimum absolute atomic E-state index is 0.154. The maximum atomic E-state index is 12.6. The number of anilines is 1. The highest BCUT2D eigenvalue weighted by Gasteiger charge is 2.32. The fourth-order valence-electron chi connectivity index (χ4n) is 2.49. The summed E-state index contributed by atoms with van der Waals surface area (Å²) in [5, 5.41) is 7.75. The molecule has 0 aliphatic carbocycles. The maximum absolute atomic E-state index is 12.6. The van der Waals surface area contributed by atoms with Crippen LogP contribution in [0.25, 0.3) is 6.08 Å². The molecule has 0 spiro atoms. The van der Waals surface area contributed by atoms with Gasteiger partial charge in [0, 0.05) is 18.3 Å². The summed E-state index contributed by atoms with van der Waals surface area (Å²) in [6.07, 6.45) is 1.81. The number of thiocarbonyl (C=S) groups is 1.